The molecule has 0 fully saturated rings. The molecule has 9 heteroatoms. The fourth-order valence-corrected chi connectivity index (χ4v) is 1.30. The summed E-state index contributed by atoms with van der Waals surface area (Å²) < 4.78 is 25.3. The largest absolute Gasteiger partial charge is 0.480 e. The summed E-state index contributed by atoms with van der Waals surface area (Å²) in [5.74, 6) is -2.38. The number of amides is 1. The Balaban J connectivity index is 4.54. The number of nitrogens with one attached hydrogen (secondary N) is 2. The Hall–Kier alpha value is -1.19. The van der Waals surface area contributed by atoms with Gasteiger partial charge in [0, 0.05) is 7.05 Å². The van der Waals surface area contributed by atoms with E-state index in [2.05, 4.69) is 0 Å². The van der Waals surface area contributed by atoms with Gasteiger partial charge in [0.05, 0.1) is 6.42 Å². The van der Waals surface area contributed by atoms with Crippen LogP contribution < -0.4 is 15.2 Å². The van der Waals surface area contributed by atoms with Crippen LogP contribution in [0.3, 0.4) is 0 Å². The van der Waals surface area contributed by atoms with Gasteiger partial charge < -0.3 is 10.8 Å². The number of carboxylic acids is 1. The van der Waals surface area contributed by atoms with Gasteiger partial charge in [-0.2, -0.15) is 13.1 Å². The Kier molecular flexibility index (Phi) is 4.47. The van der Waals surface area contributed by atoms with Gasteiger partial charge >= 0.3 is 5.97 Å². The lowest BCUT2D eigenvalue weighted by molar-refractivity contribution is -0.140. The predicted octanol–water partition coefficient (Wildman–Crippen LogP) is -2.63. The number of carbonyl (C=O) groups is 2. The van der Waals surface area contributed by atoms with E-state index in [0.29, 0.717) is 0 Å². The van der Waals surface area contributed by atoms with Crippen molar-refractivity contribution in [3.05, 3.63) is 0 Å². The molecular formula is C5H11N3O5S. The molecule has 0 aliphatic rings. The molecule has 0 aliphatic carbocycles. The molecule has 1 amide bonds. The lowest BCUT2D eigenvalue weighted by Crippen LogP contribution is -2.47. The molecule has 0 spiro atoms. The van der Waals surface area contributed by atoms with E-state index in [1.54, 1.807) is 4.72 Å². The van der Waals surface area contributed by atoms with E-state index in [1.165, 1.54) is 0 Å². The predicted molar refractivity (Wildman–Crippen MR) is 46.4 cm³/mol. The van der Waals surface area contributed by atoms with Crippen molar-refractivity contribution in [2.75, 3.05) is 7.05 Å². The highest BCUT2D eigenvalue weighted by molar-refractivity contribution is 7.87. The Morgan fingerprint density at radius 2 is 2.00 bits per heavy atom. The minimum absolute atomic E-state index is 0.601. The van der Waals surface area contributed by atoms with Crippen molar-refractivity contribution in [3.8, 4) is 0 Å². The van der Waals surface area contributed by atoms with E-state index in [-0.39, 0.29) is 0 Å². The van der Waals surface area contributed by atoms with Crippen LogP contribution in [0, 0.1) is 0 Å². The van der Waals surface area contributed by atoms with Crippen LogP contribution in [-0.4, -0.2) is 38.5 Å². The fraction of sp³-hybridized carbons (Fsp3) is 0.600. The maximum Gasteiger partial charge on any atom is 0.322 e. The first-order valence-corrected chi connectivity index (χ1v) is 4.98. The highest BCUT2D eigenvalue weighted by atomic mass is 32.2. The smallest absolute Gasteiger partial charge is 0.322 e. The molecule has 0 radical (unpaired) electrons. The van der Waals surface area contributed by atoms with Crippen LogP contribution in [0.25, 0.3) is 0 Å². The monoisotopic (exact) mass is 225 g/mol. The Morgan fingerprint density at radius 1 is 1.50 bits per heavy atom. The molecule has 0 heterocycles. The molecule has 0 saturated carbocycles. The van der Waals surface area contributed by atoms with Gasteiger partial charge in [-0.05, 0) is 0 Å². The number of hydrogen-bond acceptors (Lipinski definition) is 4. The average Bonchev–Trinajstić information content (AvgIpc) is 2.02. The lowest BCUT2D eigenvalue weighted by atomic mass is 10.2. The summed E-state index contributed by atoms with van der Waals surface area (Å²) >= 11 is 0. The topological polar surface area (TPSA) is 139 Å². The van der Waals surface area contributed by atoms with Crippen molar-refractivity contribution >= 4 is 22.1 Å². The summed E-state index contributed by atoms with van der Waals surface area (Å²) in [5.41, 5.74) is 4.73. The Morgan fingerprint density at radius 3 is 2.29 bits per heavy atom. The first-order chi connectivity index (χ1) is 6.28. The highest BCUT2D eigenvalue weighted by Crippen LogP contribution is 1.93. The number of carbonyl (C=O) groups excluding carboxylic acids is 1. The average molecular weight is 225 g/mol. The van der Waals surface area contributed by atoms with Crippen molar-refractivity contribution < 1.29 is 23.1 Å². The maximum atomic E-state index is 10.9. The van der Waals surface area contributed by atoms with Crippen LogP contribution in [0.1, 0.15) is 6.42 Å². The van der Waals surface area contributed by atoms with Crippen LogP contribution in [-0.2, 0) is 19.8 Å². The third kappa shape index (κ3) is 4.74. The molecule has 82 valence electrons. The normalized spacial score (nSPS) is 13.5. The standard InChI is InChI=1S/C5H11N3O5S/c1-7-14(12,13)8-3(5(10)11)2-4(6)9/h3,7-8H,2H2,1H3,(H2,6,9)(H,10,11)/t3-/m1/s1. The fourth-order valence-electron chi connectivity index (χ4n) is 0.627. The van der Waals surface area contributed by atoms with E-state index in [0.717, 1.165) is 7.05 Å². The Bertz CT molecular complexity index is 324. The van der Waals surface area contributed by atoms with E-state index >= 15 is 0 Å². The van der Waals surface area contributed by atoms with Gasteiger partial charge in [-0.25, -0.2) is 4.72 Å². The van der Waals surface area contributed by atoms with E-state index in [1.807, 2.05) is 4.72 Å². The van der Waals surface area contributed by atoms with Gasteiger partial charge in [-0.1, -0.05) is 0 Å². The number of hydrogen-bond donors (Lipinski definition) is 4. The van der Waals surface area contributed by atoms with Crippen molar-refractivity contribution in [2.45, 2.75) is 12.5 Å². The van der Waals surface area contributed by atoms with Crippen LogP contribution in [0.4, 0.5) is 0 Å². The third-order valence-electron chi connectivity index (χ3n) is 1.27. The molecule has 0 bridgehead atoms. The van der Waals surface area contributed by atoms with Crippen molar-refractivity contribution in [3.63, 3.8) is 0 Å². The second-order valence-corrected chi connectivity index (χ2v) is 4.04. The van der Waals surface area contributed by atoms with Gasteiger partial charge in [-0.15, -0.1) is 0 Å². The first kappa shape index (κ1) is 12.8. The third-order valence-corrected chi connectivity index (χ3v) is 2.40. The number of aliphatic carboxylic acids is 1. The number of rotatable bonds is 6. The first-order valence-electron chi connectivity index (χ1n) is 3.50. The lowest BCUT2D eigenvalue weighted by Gasteiger charge is -2.11. The molecule has 0 saturated heterocycles. The summed E-state index contributed by atoms with van der Waals surface area (Å²) in [6.07, 6.45) is -0.601. The second kappa shape index (κ2) is 4.88. The molecule has 0 unspecified atom stereocenters. The molecule has 1 atom stereocenters. The second-order valence-electron chi connectivity index (χ2n) is 2.39. The zero-order valence-electron chi connectivity index (χ0n) is 7.35. The van der Waals surface area contributed by atoms with Crippen LogP contribution in [0.5, 0.6) is 0 Å². The molecule has 0 aromatic heterocycles. The Labute approximate surface area is 80.7 Å². The maximum absolute atomic E-state index is 10.9. The molecule has 0 aromatic carbocycles. The van der Waals surface area contributed by atoms with Crippen LogP contribution >= 0.6 is 0 Å². The zero-order valence-corrected chi connectivity index (χ0v) is 8.17. The van der Waals surface area contributed by atoms with Crippen LogP contribution in [0.15, 0.2) is 0 Å². The molecule has 14 heavy (non-hydrogen) atoms. The quantitative estimate of drug-likeness (QED) is 0.391. The molecule has 8 nitrogen and oxygen atoms in total. The highest BCUT2D eigenvalue weighted by Gasteiger charge is 2.24. The minimum Gasteiger partial charge on any atom is -0.480 e. The van der Waals surface area contributed by atoms with E-state index in [4.69, 9.17) is 10.8 Å². The van der Waals surface area contributed by atoms with Gasteiger partial charge in [0.1, 0.15) is 6.04 Å². The van der Waals surface area contributed by atoms with Crippen LogP contribution in [0.2, 0.25) is 0 Å². The summed E-state index contributed by atoms with van der Waals surface area (Å²) in [6.45, 7) is 0. The number of nitrogens with two attached hydrogens (primary N) is 1. The summed E-state index contributed by atoms with van der Waals surface area (Å²) in [5, 5.41) is 8.52. The zero-order chi connectivity index (χ0) is 11.4. The summed E-state index contributed by atoms with van der Waals surface area (Å²) in [4.78, 5) is 20.9. The van der Waals surface area contributed by atoms with Crippen molar-refractivity contribution in [1.82, 2.24) is 9.44 Å². The summed E-state index contributed by atoms with van der Waals surface area (Å²) in [7, 11) is -2.80. The van der Waals surface area contributed by atoms with Crippen molar-refractivity contribution in [2.24, 2.45) is 5.73 Å². The van der Waals surface area contributed by atoms with Gasteiger partial charge in [0.2, 0.25) is 5.91 Å². The van der Waals surface area contributed by atoms with Crippen molar-refractivity contribution in [1.29, 1.82) is 0 Å². The van der Waals surface area contributed by atoms with Gasteiger partial charge in [-0.3, -0.25) is 9.59 Å². The summed E-state index contributed by atoms with van der Waals surface area (Å²) in [6, 6.07) is -1.55. The molecule has 5 N–H and O–H groups in total. The number of carboxylic acid groups (broad SMARTS) is 1. The number of primary amides is 1. The van der Waals surface area contributed by atoms with Gasteiger partial charge in [0.15, 0.2) is 0 Å². The molecule has 0 rings (SSSR count). The molecule has 0 aromatic rings. The minimum atomic E-state index is -3.90. The van der Waals surface area contributed by atoms with E-state index in [9.17, 15) is 18.0 Å². The van der Waals surface area contributed by atoms with E-state index < -0.39 is 34.5 Å². The SMILES string of the molecule is CNS(=O)(=O)N[C@H](CC(N)=O)C(=O)O. The molecule has 0 aliphatic heterocycles. The molecular weight excluding hydrogens is 214 g/mol. The van der Waals surface area contributed by atoms with Gasteiger partial charge in [0.25, 0.3) is 10.2 Å².